The summed E-state index contributed by atoms with van der Waals surface area (Å²) in [4.78, 5) is 4.15. The summed E-state index contributed by atoms with van der Waals surface area (Å²) in [7, 11) is 1.81. The summed E-state index contributed by atoms with van der Waals surface area (Å²) in [6.45, 7) is 0.292. The number of benzene rings is 1. The van der Waals surface area contributed by atoms with Crippen molar-refractivity contribution >= 4 is 0 Å². The summed E-state index contributed by atoms with van der Waals surface area (Å²) >= 11 is 0. The van der Waals surface area contributed by atoms with Crippen LogP contribution in [0.1, 0.15) is 0 Å². The minimum atomic E-state index is 0.145. The number of hydrogen-bond acceptors (Lipinski definition) is 4. The van der Waals surface area contributed by atoms with E-state index in [0.29, 0.717) is 23.5 Å². The molecule has 0 aliphatic carbocycles. The monoisotopic (exact) mass is 262 g/mol. The highest BCUT2D eigenvalue weighted by Crippen LogP contribution is 2.19. The highest BCUT2D eigenvalue weighted by molar-refractivity contribution is 5.55. The van der Waals surface area contributed by atoms with Crippen molar-refractivity contribution in [1.82, 2.24) is 14.8 Å². The zero-order chi connectivity index (χ0) is 13.7. The third-order valence-electron chi connectivity index (χ3n) is 2.55. The second-order valence-electron chi connectivity index (χ2n) is 4.03. The second kappa shape index (κ2) is 6.10. The molecule has 0 saturated heterocycles. The Morgan fingerprint density at radius 1 is 1.42 bits per heavy atom. The van der Waals surface area contributed by atoms with E-state index < -0.39 is 0 Å². The Morgan fingerprint density at radius 3 is 2.68 bits per heavy atom. The van der Waals surface area contributed by atoms with Crippen molar-refractivity contribution in [3.8, 4) is 17.1 Å². The van der Waals surface area contributed by atoms with E-state index in [1.807, 2.05) is 19.2 Å². The van der Waals surface area contributed by atoms with Gasteiger partial charge in [-0.2, -0.15) is 5.10 Å². The molecule has 1 aromatic heterocycles. The normalized spacial score (nSPS) is 11.6. The zero-order valence-electron chi connectivity index (χ0n) is 10.6. The van der Waals surface area contributed by atoms with Gasteiger partial charge in [0.1, 0.15) is 18.7 Å². The predicted octanol–water partition coefficient (Wildman–Crippen LogP) is 1.67. The number of aromatic nitrogens is 3. The van der Waals surface area contributed by atoms with Crippen LogP contribution in [0.5, 0.6) is 5.75 Å². The molecular weight excluding hydrogens is 247 g/mol. The van der Waals surface area contributed by atoms with Gasteiger partial charge in [0.05, 0.1) is 6.33 Å². The Balaban J connectivity index is 2.02. The number of nitrogens with two attached hydrogens (primary N) is 1. The molecule has 6 heteroatoms. The van der Waals surface area contributed by atoms with Crippen molar-refractivity contribution in [1.29, 1.82) is 0 Å². The fourth-order valence-corrected chi connectivity index (χ4v) is 1.48. The maximum atomic E-state index is 12.3. The van der Waals surface area contributed by atoms with Gasteiger partial charge in [0, 0.05) is 24.7 Å². The third-order valence-corrected chi connectivity index (χ3v) is 2.55. The SMILES string of the molecule is Cn1cnc(-c2ccc(OC/C(=C\F)CN)cc2)n1. The standard InChI is InChI=1S/C13H15FN4O/c1-18-9-16-13(17-18)11-2-4-12(5-3-11)19-8-10(6-14)7-15/h2-6,9H,7-8,15H2,1H3/b10-6-. The third kappa shape index (κ3) is 3.38. The Morgan fingerprint density at radius 2 is 2.16 bits per heavy atom. The molecule has 0 radical (unpaired) electrons. The van der Waals surface area contributed by atoms with Crippen LogP contribution in [0.3, 0.4) is 0 Å². The number of hydrogen-bond donors (Lipinski definition) is 1. The molecular formula is C13H15FN4O. The van der Waals surface area contributed by atoms with Crippen LogP contribution in [0.2, 0.25) is 0 Å². The summed E-state index contributed by atoms with van der Waals surface area (Å²) in [5.74, 6) is 1.30. The quantitative estimate of drug-likeness (QED) is 0.890. The molecule has 19 heavy (non-hydrogen) atoms. The molecule has 0 amide bonds. The van der Waals surface area contributed by atoms with Gasteiger partial charge in [-0.3, -0.25) is 4.68 Å². The largest absolute Gasteiger partial charge is 0.489 e. The van der Waals surface area contributed by atoms with Crippen molar-refractivity contribution in [3.05, 3.63) is 42.5 Å². The molecule has 0 fully saturated rings. The predicted molar refractivity (Wildman–Crippen MR) is 70.2 cm³/mol. The van der Waals surface area contributed by atoms with Gasteiger partial charge >= 0.3 is 0 Å². The van der Waals surface area contributed by atoms with Crippen molar-refractivity contribution in [2.45, 2.75) is 0 Å². The molecule has 0 unspecified atom stereocenters. The Hall–Kier alpha value is -2.21. The van der Waals surface area contributed by atoms with Gasteiger partial charge in [-0.15, -0.1) is 0 Å². The number of aryl methyl sites for hydroxylation is 1. The van der Waals surface area contributed by atoms with Crippen LogP contribution in [-0.4, -0.2) is 27.9 Å². The van der Waals surface area contributed by atoms with E-state index >= 15 is 0 Å². The van der Waals surface area contributed by atoms with Gasteiger partial charge in [-0.1, -0.05) is 0 Å². The van der Waals surface area contributed by atoms with Crippen LogP contribution >= 0.6 is 0 Å². The molecule has 2 N–H and O–H groups in total. The van der Waals surface area contributed by atoms with Crippen LogP contribution in [0.4, 0.5) is 4.39 Å². The lowest BCUT2D eigenvalue weighted by atomic mass is 10.2. The second-order valence-corrected chi connectivity index (χ2v) is 4.03. The van der Waals surface area contributed by atoms with E-state index in [1.165, 1.54) is 0 Å². The molecule has 100 valence electrons. The fraction of sp³-hybridized carbons (Fsp3) is 0.231. The molecule has 2 aromatic rings. The first-order valence-corrected chi connectivity index (χ1v) is 5.80. The maximum absolute atomic E-state index is 12.3. The van der Waals surface area contributed by atoms with Gasteiger partial charge in [0.2, 0.25) is 0 Å². The lowest BCUT2D eigenvalue weighted by Crippen LogP contribution is -2.10. The topological polar surface area (TPSA) is 66.0 Å². The van der Waals surface area contributed by atoms with E-state index in [9.17, 15) is 4.39 Å². The van der Waals surface area contributed by atoms with Crippen LogP contribution in [0, 0.1) is 0 Å². The molecule has 1 heterocycles. The highest BCUT2D eigenvalue weighted by Gasteiger charge is 2.03. The number of nitrogens with zero attached hydrogens (tertiary/aromatic N) is 3. The van der Waals surface area contributed by atoms with Crippen molar-refractivity contribution < 1.29 is 9.13 Å². The zero-order valence-corrected chi connectivity index (χ0v) is 10.6. The summed E-state index contributed by atoms with van der Waals surface area (Å²) in [5.41, 5.74) is 6.65. The van der Waals surface area contributed by atoms with Crippen LogP contribution < -0.4 is 10.5 Å². The lowest BCUT2D eigenvalue weighted by Gasteiger charge is -2.07. The van der Waals surface area contributed by atoms with Gasteiger partial charge in [-0.25, -0.2) is 9.37 Å². The van der Waals surface area contributed by atoms with Gasteiger partial charge in [0.25, 0.3) is 0 Å². The summed E-state index contributed by atoms with van der Waals surface area (Å²) in [5, 5.41) is 4.20. The summed E-state index contributed by atoms with van der Waals surface area (Å²) in [6, 6.07) is 7.29. The van der Waals surface area contributed by atoms with E-state index in [-0.39, 0.29) is 13.2 Å². The minimum absolute atomic E-state index is 0.145. The average molecular weight is 262 g/mol. The Bertz CT molecular complexity index is 562. The molecule has 0 saturated carbocycles. The van der Waals surface area contributed by atoms with Crippen LogP contribution in [0.25, 0.3) is 11.4 Å². The molecule has 2 rings (SSSR count). The average Bonchev–Trinajstić information content (AvgIpc) is 2.87. The number of ether oxygens (including phenoxy) is 1. The van der Waals surface area contributed by atoms with E-state index in [4.69, 9.17) is 10.5 Å². The molecule has 0 atom stereocenters. The van der Waals surface area contributed by atoms with E-state index in [0.717, 1.165) is 5.56 Å². The van der Waals surface area contributed by atoms with Gasteiger partial charge in [0.15, 0.2) is 5.82 Å². The molecule has 0 bridgehead atoms. The molecule has 0 aliphatic heterocycles. The number of halogens is 1. The summed E-state index contributed by atoms with van der Waals surface area (Å²) in [6.07, 6.45) is 2.12. The lowest BCUT2D eigenvalue weighted by molar-refractivity contribution is 0.347. The molecule has 0 aliphatic rings. The van der Waals surface area contributed by atoms with Crippen LogP contribution in [0.15, 0.2) is 42.5 Å². The van der Waals surface area contributed by atoms with Crippen molar-refractivity contribution in [3.63, 3.8) is 0 Å². The van der Waals surface area contributed by atoms with Crippen molar-refractivity contribution in [2.75, 3.05) is 13.2 Å². The first kappa shape index (κ1) is 13.2. The first-order chi connectivity index (χ1) is 9.22. The van der Waals surface area contributed by atoms with E-state index in [2.05, 4.69) is 10.1 Å². The van der Waals surface area contributed by atoms with Gasteiger partial charge in [-0.05, 0) is 24.3 Å². The Kier molecular flexibility index (Phi) is 4.25. The molecule has 5 nitrogen and oxygen atoms in total. The first-order valence-electron chi connectivity index (χ1n) is 5.80. The highest BCUT2D eigenvalue weighted by atomic mass is 19.1. The molecule has 0 spiro atoms. The molecule has 1 aromatic carbocycles. The van der Waals surface area contributed by atoms with Gasteiger partial charge < -0.3 is 10.5 Å². The Labute approximate surface area is 110 Å². The maximum Gasteiger partial charge on any atom is 0.181 e. The summed E-state index contributed by atoms with van der Waals surface area (Å²) < 4.78 is 19.4. The van der Waals surface area contributed by atoms with Crippen LogP contribution in [-0.2, 0) is 7.05 Å². The fourth-order valence-electron chi connectivity index (χ4n) is 1.48. The van der Waals surface area contributed by atoms with Crippen molar-refractivity contribution in [2.24, 2.45) is 12.8 Å². The minimum Gasteiger partial charge on any atom is -0.489 e. The number of rotatable bonds is 5. The smallest absolute Gasteiger partial charge is 0.181 e. The van der Waals surface area contributed by atoms with E-state index in [1.54, 1.807) is 23.1 Å².